The number of rotatable bonds is 8. The van der Waals surface area contributed by atoms with Crippen LogP contribution in [0.2, 0.25) is 0 Å². The van der Waals surface area contributed by atoms with E-state index in [2.05, 4.69) is 15.5 Å². The van der Waals surface area contributed by atoms with Crippen molar-refractivity contribution in [2.24, 2.45) is 5.73 Å². The normalized spacial score (nSPS) is 11.6. The number of carbonyl (C=O) groups excluding carboxylic acids is 1. The fourth-order valence-corrected chi connectivity index (χ4v) is 1.95. The number of amides is 1. The van der Waals surface area contributed by atoms with Gasteiger partial charge in [0.15, 0.2) is 5.76 Å². The van der Waals surface area contributed by atoms with E-state index < -0.39 is 0 Å². The van der Waals surface area contributed by atoms with Crippen molar-refractivity contribution in [3.8, 4) is 11.6 Å². The summed E-state index contributed by atoms with van der Waals surface area (Å²) in [6.07, 6.45) is 3.85. The highest BCUT2D eigenvalue weighted by molar-refractivity contribution is 5.76. The molecule has 0 aliphatic carbocycles. The molecule has 0 fully saturated rings. The summed E-state index contributed by atoms with van der Waals surface area (Å²) in [6, 6.07) is 3.50. The van der Waals surface area contributed by atoms with Crippen molar-refractivity contribution in [1.29, 1.82) is 0 Å². The second-order valence-corrected chi connectivity index (χ2v) is 5.34. The first-order valence-corrected chi connectivity index (χ1v) is 7.48. The first-order valence-electron chi connectivity index (χ1n) is 7.48. The van der Waals surface area contributed by atoms with Gasteiger partial charge in [-0.2, -0.15) is 4.98 Å². The Morgan fingerprint density at radius 3 is 2.82 bits per heavy atom. The molecule has 0 saturated carbocycles. The minimum Gasteiger partial charge on any atom is -0.461 e. The highest BCUT2D eigenvalue weighted by Gasteiger charge is 2.21. The van der Waals surface area contributed by atoms with Crippen molar-refractivity contribution in [2.75, 3.05) is 6.54 Å². The molecule has 0 aliphatic heterocycles. The van der Waals surface area contributed by atoms with Crippen LogP contribution in [0.5, 0.6) is 0 Å². The quantitative estimate of drug-likeness (QED) is 0.771. The van der Waals surface area contributed by atoms with E-state index in [0.29, 0.717) is 30.4 Å². The summed E-state index contributed by atoms with van der Waals surface area (Å²) in [6.45, 7) is 4.51. The molecule has 7 heteroatoms. The average molecular weight is 306 g/mol. The molecule has 0 aliphatic rings. The van der Waals surface area contributed by atoms with Crippen molar-refractivity contribution in [2.45, 2.75) is 45.1 Å². The van der Waals surface area contributed by atoms with E-state index in [1.807, 2.05) is 13.8 Å². The van der Waals surface area contributed by atoms with Crippen LogP contribution in [0, 0.1) is 0 Å². The summed E-state index contributed by atoms with van der Waals surface area (Å²) in [4.78, 5) is 16.0. The number of hydrogen-bond donors (Lipinski definition) is 2. The highest BCUT2D eigenvalue weighted by Crippen LogP contribution is 2.16. The summed E-state index contributed by atoms with van der Waals surface area (Å²) in [5.74, 6) is 1.26. The first kappa shape index (κ1) is 16.2. The monoisotopic (exact) mass is 306 g/mol. The fraction of sp³-hybridized carbons (Fsp3) is 0.533. The second kappa shape index (κ2) is 7.22. The standard InChI is InChI=1S/C15H22N4O3/c1-3-15(16,4-2)10-17-12(20)7-8-13-18-14(19-22-13)11-6-5-9-21-11/h5-6,9H,3-4,7-8,10,16H2,1-2H3,(H,17,20). The maximum atomic E-state index is 11.9. The number of nitrogens with two attached hydrogens (primary N) is 1. The molecule has 22 heavy (non-hydrogen) atoms. The third-order valence-corrected chi connectivity index (χ3v) is 3.82. The molecule has 2 aromatic heterocycles. The Kier molecular flexibility index (Phi) is 5.32. The molecule has 0 aromatic carbocycles. The van der Waals surface area contributed by atoms with Crippen molar-refractivity contribution in [3.05, 3.63) is 24.3 Å². The minimum absolute atomic E-state index is 0.0746. The minimum atomic E-state index is -0.341. The predicted octanol–water partition coefficient (Wildman–Crippen LogP) is 1.90. The predicted molar refractivity (Wildman–Crippen MR) is 80.8 cm³/mol. The van der Waals surface area contributed by atoms with Crippen LogP contribution in [-0.2, 0) is 11.2 Å². The zero-order valence-electron chi connectivity index (χ0n) is 13.0. The summed E-state index contributed by atoms with van der Waals surface area (Å²) < 4.78 is 10.3. The topological polar surface area (TPSA) is 107 Å². The molecule has 3 N–H and O–H groups in total. The third kappa shape index (κ3) is 4.17. The molecule has 2 heterocycles. The summed E-state index contributed by atoms with van der Waals surface area (Å²) >= 11 is 0. The Labute approximate surface area is 129 Å². The van der Waals surface area contributed by atoms with E-state index >= 15 is 0 Å². The number of nitrogens with one attached hydrogen (secondary N) is 1. The van der Waals surface area contributed by atoms with E-state index in [1.165, 1.54) is 0 Å². The Hall–Kier alpha value is -2.15. The summed E-state index contributed by atoms with van der Waals surface area (Å²) in [7, 11) is 0. The number of carbonyl (C=O) groups is 1. The molecule has 7 nitrogen and oxygen atoms in total. The van der Waals surface area contributed by atoms with Gasteiger partial charge in [0, 0.05) is 24.9 Å². The molecular weight excluding hydrogens is 284 g/mol. The van der Waals surface area contributed by atoms with Crippen LogP contribution in [0.1, 0.15) is 39.0 Å². The van der Waals surface area contributed by atoms with Crippen molar-refractivity contribution >= 4 is 5.91 Å². The first-order chi connectivity index (χ1) is 10.6. The Morgan fingerprint density at radius 2 is 2.18 bits per heavy atom. The second-order valence-electron chi connectivity index (χ2n) is 5.34. The molecule has 0 saturated heterocycles. The van der Waals surface area contributed by atoms with Crippen LogP contribution in [-0.4, -0.2) is 28.1 Å². The Bertz CT molecular complexity index is 588. The Morgan fingerprint density at radius 1 is 1.41 bits per heavy atom. The maximum absolute atomic E-state index is 11.9. The van der Waals surface area contributed by atoms with Gasteiger partial charge in [0.2, 0.25) is 17.6 Å². The molecule has 2 rings (SSSR count). The molecule has 2 aromatic rings. The van der Waals surface area contributed by atoms with Crippen LogP contribution in [0.15, 0.2) is 27.3 Å². The van der Waals surface area contributed by atoms with Gasteiger partial charge in [0.1, 0.15) is 0 Å². The van der Waals surface area contributed by atoms with Crippen molar-refractivity contribution in [1.82, 2.24) is 15.5 Å². The van der Waals surface area contributed by atoms with Crippen LogP contribution in [0.25, 0.3) is 11.6 Å². The van der Waals surface area contributed by atoms with E-state index in [4.69, 9.17) is 14.7 Å². The number of nitrogens with zero attached hydrogens (tertiary/aromatic N) is 2. The van der Waals surface area contributed by atoms with Crippen molar-refractivity contribution < 1.29 is 13.7 Å². The zero-order valence-corrected chi connectivity index (χ0v) is 13.0. The molecular formula is C15H22N4O3. The Balaban J connectivity index is 1.79. The maximum Gasteiger partial charge on any atom is 0.238 e. The third-order valence-electron chi connectivity index (χ3n) is 3.82. The molecule has 0 bridgehead atoms. The van der Waals surface area contributed by atoms with Gasteiger partial charge in [-0.1, -0.05) is 19.0 Å². The number of furan rings is 1. The lowest BCUT2D eigenvalue weighted by molar-refractivity contribution is -0.121. The fourth-order valence-electron chi connectivity index (χ4n) is 1.95. The molecule has 0 atom stereocenters. The summed E-state index contributed by atoms with van der Waals surface area (Å²) in [5, 5.41) is 6.67. The SMILES string of the molecule is CCC(N)(CC)CNC(=O)CCc1nc(-c2ccco2)no1. The van der Waals surface area contributed by atoms with Crippen LogP contribution < -0.4 is 11.1 Å². The van der Waals surface area contributed by atoms with Crippen LogP contribution >= 0.6 is 0 Å². The lowest BCUT2D eigenvalue weighted by atomic mass is 9.94. The molecule has 120 valence electrons. The smallest absolute Gasteiger partial charge is 0.238 e. The van der Waals surface area contributed by atoms with E-state index in [-0.39, 0.29) is 17.9 Å². The lowest BCUT2D eigenvalue weighted by Gasteiger charge is -2.26. The number of aromatic nitrogens is 2. The lowest BCUT2D eigenvalue weighted by Crippen LogP contribution is -2.49. The van der Waals surface area contributed by atoms with Gasteiger partial charge in [-0.15, -0.1) is 0 Å². The molecule has 0 unspecified atom stereocenters. The van der Waals surface area contributed by atoms with Crippen molar-refractivity contribution in [3.63, 3.8) is 0 Å². The van der Waals surface area contributed by atoms with E-state index in [1.54, 1.807) is 18.4 Å². The van der Waals surface area contributed by atoms with Gasteiger partial charge in [0.25, 0.3) is 0 Å². The average Bonchev–Trinajstić information content (AvgIpc) is 3.21. The van der Waals surface area contributed by atoms with Gasteiger partial charge >= 0.3 is 0 Å². The zero-order chi connectivity index (χ0) is 16.0. The van der Waals surface area contributed by atoms with Gasteiger partial charge < -0.3 is 20.0 Å². The van der Waals surface area contributed by atoms with Gasteiger partial charge in [-0.05, 0) is 25.0 Å². The van der Waals surface area contributed by atoms with E-state index in [0.717, 1.165) is 12.8 Å². The van der Waals surface area contributed by atoms with E-state index in [9.17, 15) is 4.79 Å². The summed E-state index contributed by atoms with van der Waals surface area (Å²) in [5.41, 5.74) is 5.80. The van der Waals surface area contributed by atoms with Crippen LogP contribution in [0.3, 0.4) is 0 Å². The van der Waals surface area contributed by atoms with Crippen LogP contribution in [0.4, 0.5) is 0 Å². The van der Waals surface area contributed by atoms with Gasteiger partial charge in [-0.3, -0.25) is 4.79 Å². The molecule has 0 spiro atoms. The number of aryl methyl sites for hydroxylation is 1. The van der Waals surface area contributed by atoms with Gasteiger partial charge in [0.05, 0.1) is 6.26 Å². The molecule has 0 radical (unpaired) electrons. The number of hydrogen-bond acceptors (Lipinski definition) is 6. The molecule has 1 amide bonds. The highest BCUT2D eigenvalue weighted by atomic mass is 16.5. The largest absolute Gasteiger partial charge is 0.461 e. The van der Waals surface area contributed by atoms with Gasteiger partial charge in [-0.25, -0.2) is 0 Å².